The highest BCUT2D eigenvalue weighted by Gasteiger charge is 2.73. The lowest BCUT2D eigenvalue weighted by molar-refractivity contribution is -0.213. The van der Waals surface area contributed by atoms with Gasteiger partial charge in [-0.15, -0.1) is 0 Å². The summed E-state index contributed by atoms with van der Waals surface area (Å²) in [4.78, 5) is 38.9. The second-order valence-electron chi connectivity index (χ2n) is 12.5. The molecule has 2 fully saturated rings. The fraction of sp³-hybridized carbons (Fsp3) is 0.621. The van der Waals surface area contributed by atoms with Crippen molar-refractivity contribution in [1.29, 1.82) is 0 Å². The monoisotopic (exact) mass is 464 g/mol. The van der Waals surface area contributed by atoms with Gasteiger partial charge in [0.15, 0.2) is 11.6 Å². The van der Waals surface area contributed by atoms with Crippen LogP contribution in [0.2, 0.25) is 0 Å². The van der Waals surface area contributed by atoms with E-state index in [-0.39, 0.29) is 40.2 Å². The van der Waals surface area contributed by atoms with E-state index in [2.05, 4.69) is 33.8 Å². The van der Waals surface area contributed by atoms with Crippen LogP contribution in [0.25, 0.3) is 0 Å². The van der Waals surface area contributed by atoms with E-state index in [1.165, 1.54) is 6.92 Å². The van der Waals surface area contributed by atoms with Gasteiger partial charge in [-0.25, -0.2) is 0 Å². The molecular weight excluding hydrogens is 428 g/mol. The van der Waals surface area contributed by atoms with Gasteiger partial charge in [-0.1, -0.05) is 47.6 Å². The molecule has 1 aromatic rings. The summed E-state index contributed by atoms with van der Waals surface area (Å²) in [6, 6.07) is 1.89. The van der Waals surface area contributed by atoms with Gasteiger partial charge in [-0.2, -0.15) is 0 Å². The van der Waals surface area contributed by atoms with E-state index < -0.39 is 22.3 Å². The molecule has 182 valence electrons. The molecule has 0 saturated heterocycles. The van der Waals surface area contributed by atoms with Crippen molar-refractivity contribution in [3.05, 3.63) is 48.0 Å². The standard InChI is InChI=1S/C29H36O5/c1-17(30)34-23-15-28(6)25(2,3)22(32)9-12-27(28,5)20-8-11-26(4)21(29(20,23)7)14-19(31)24(26)18-10-13-33-16-18/h9-10,12-14,16,20,23-24H,8,11,15H2,1-7H3/t20-,23-,24?,26-,27-,28+,29-/m1/s1. The summed E-state index contributed by atoms with van der Waals surface area (Å²) < 4.78 is 11.5. The second-order valence-corrected chi connectivity index (χ2v) is 12.5. The van der Waals surface area contributed by atoms with E-state index in [4.69, 9.17) is 9.15 Å². The van der Waals surface area contributed by atoms with Crippen molar-refractivity contribution in [3.8, 4) is 0 Å². The van der Waals surface area contributed by atoms with Gasteiger partial charge in [-0.3, -0.25) is 14.4 Å². The third-order valence-electron chi connectivity index (χ3n) is 11.0. The number of allylic oxidation sites excluding steroid dienone is 3. The highest BCUT2D eigenvalue weighted by molar-refractivity contribution is 6.01. The zero-order chi connectivity index (χ0) is 24.9. The summed E-state index contributed by atoms with van der Waals surface area (Å²) in [6.45, 7) is 14.4. The van der Waals surface area contributed by atoms with Crippen LogP contribution in [-0.4, -0.2) is 23.6 Å². The van der Waals surface area contributed by atoms with Crippen LogP contribution < -0.4 is 0 Å². The Kier molecular flexibility index (Phi) is 4.68. The van der Waals surface area contributed by atoms with E-state index in [0.717, 1.165) is 24.0 Å². The number of rotatable bonds is 2. The lowest BCUT2D eigenvalue weighted by Gasteiger charge is -2.70. The molecule has 5 nitrogen and oxygen atoms in total. The van der Waals surface area contributed by atoms with Crippen molar-refractivity contribution in [2.75, 3.05) is 0 Å². The topological polar surface area (TPSA) is 73.6 Å². The predicted molar refractivity (Wildman–Crippen MR) is 128 cm³/mol. The molecule has 1 heterocycles. The minimum Gasteiger partial charge on any atom is -0.472 e. The zero-order valence-electron chi connectivity index (χ0n) is 21.4. The third-order valence-corrected chi connectivity index (χ3v) is 11.0. The second kappa shape index (κ2) is 6.83. The summed E-state index contributed by atoms with van der Waals surface area (Å²) in [5, 5.41) is 0. The summed E-state index contributed by atoms with van der Waals surface area (Å²) in [6.07, 6.45) is 10.9. The number of ketones is 2. The average molecular weight is 465 g/mol. The molecular formula is C29H36O5. The fourth-order valence-corrected chi connectivity index (χ4v) is 8.64. The molecule has 4 aliphatic carbocycles. The fourth-order valence-electron chi connectivity index (χ4n) is 8.64. The first-order valence-electron chi connectivity index (χ1n) is 12.4. The normalized spacial score (nSPS) is 44.7. The quantitative estimate of drug-likeness (QED) is 0.517. The maximum atomic E-state index is 13.5. The van der Waals surface area contributed by atoms with Crippen molar-refractivity contribution in [1.82, 2.24) is 0 Å². The Labute approximate surface area is 202 Å². The average Bonchev–Trinajstić information content (AvgIpc) is 3.34. The van der Waals surface area contributed by atoms with Crippen LogP contribution in [0, 0.1) is 33.0 Å². The highest BCUT2D eigenvalue weighted by Crippen LogP contribution is 2.75. The summed E-state index contributed by atoms with van der Waals surface area (Å²) in [5.74, 6) is -0.291. The van der Waals surface area contributed by atoms with Crippen molar-refractivity contribution in [2.45, 2.75) is 79.8 Å². The molecule has 5 heteroatoms. The number of hydrogen-bond donors (Lipinski definition) is 0. The molecule has 0 aliphatic heterocycles. The lowest BCUT2D eigenvalue weighted by atomic mass is 9.34. The molecule has 0 N–H and O–H groups in total. The number of fused-ring (bicyclic) bond motifs is 5. The molecule has 0 spiro atoms. The number of esters is 1. The largest absolute Gasteiger partial charge is 0.472 e. The van der Waals surface area contributed by atoms with E-state index in [0.29, 0.717) is 6.42 Å². The van der Waals surface area contributed by atoms with Gasteiger partial charge in [0.05, 0.1) is 18.4 Å². The first-order chi connectivity index (χ1) is 15.7. The zero-order valence-corrected chi connectivity index (χ0v) is 21.4. The minimum absolute atomic E-state index is 0.0931. The summed E-state index contributed by atoms with van der Waals surface area (Å²) in [5.41, 5.74) is -0.214. The number of ether oxygens (including phenoxy) is 1. The maximum absolute atomic E-state index is 13.5. The first kappa shape index (κ1) is 23.3. The number of carbonyl (C=O) groups is 3. The SMILES string of the molecule is CC(=O)O[C@@H]1C[C@@]2(C)C(C)(C)C(=O)C=C[C@]2(C)[C@H]2CC[C@]3(C)C(=CC(=O)C3c3ccoc3)[C@]12C. The Hall–Kier alpha value is -2.43. The minimum atomic E-state index is -0.601. The number of carbonyl (C=O) groups excluding carboxylic acids is 3. The Morgan fingerprint density at radius 3 is 2.44 bits per heavy atom. The van der Waals surface area contributed by atoms with Crippen LogP contribution in [0.3, 0.4) is 0 Å². The number of furan rings is 1. The molecule has 0 bridgehead atoms. The molecule has 0 amide bonds. The van der Waals surface area contributed by atoms with Gasteiger partial charge < -0.3 is 9.15 Å². The summed E-state index contributed by atoms with van der Waals surface area (Å²) in [7, 11) is 0. The van der Waals surface area contributed by atoms with E-state index >= 15 is 0 Å². The Bertz CT molecular complexity index is 1140. The molecule has 34 heavy (non-hydrogen) atoms. The Morgan fingerprint density at radius 1 is 1.12 bits per heavy atom. The van der Waals surface area contributed by atoms with Crippen molar-refractivity contribution in [2.24, 2.45) is 33.0 Å². The van der Waals surface area contributed by atoms with Crippen LogP contribution >= 0.6 is 0 Å². The van der Waals surface area contributed by atoms with Gasteiger partial charge in [0.25, 0.3) is 0 Å². The van der Waals surface area contributed by atoms with Crippen LogP contribution in [-0.2, 0) is 19.1 Å². The van der Waals surface area contributed by atoms with E-state index in [1.807, 2.05) is 26.0 Å². The van der Waals surface area contributed by atoms with Gasteiger partial charge in [-0.05, 0) is 59.8 Å². The summed E-state index contributed by atoms with van der Waals surface area (Å²) >= 11 is 0. The van der Waals surface area contributed by atoms with Crippen molar-refractivity contribution < 1.29 is 23.5 Å². The smallest absolute Gasteiger partial charge is 0.302 e. The molecule has 5 rings (SSSR count). The molecule has 1 aromatic heterocycles. The molecule has 0 radical (unpaired) electrons. The van der Waals surface area contributed by atoms with Crippen molar-refractivity contribution in [3.63, 3.8) is 0 Å². The van der Waals surface area contributed by atoms with E-state index in [9.17, 15) is 14.4 Å². The highest BCUT2D eigenvalue weighted by atomic mass is 16.5. The van der Waals surface area contributed by atoms with Crippen LogP contribution in [0.15, 0.2) is 46.8 Å². The van der Waals surface area contributed by atoms with Crippen LogP contribution in [0.4, 0.5) is 0 Å². The number of hydrogen-bond acceptors (Lipinski definition) is 5. The van der Waals surface area contributed by atoms with Gasteiger partial charge >= 0.3 is 5.97 Å². The molecule has 4 aliphatic rings. The molecule has 2 saturated carbocycles. The Morgan fingerprint density at radius 2 is 1.82 bits per heavy atom. The third kappa shape index (κ3) is 2.54. The molecule has 1 unspecified atom stereocenters. The van der Waals surface area contributed by atoms with E-state index in [1.54, 1.807) is 18.6 Å². The van der Waals surface area contributed by atoms with Crippen molar-refractivity contribution >= 4 is 17.5 Å². The predicted octanol–water partition coefficient (Wildman–Crippen LogP) is 5.81. The first-order valence-corrected chi connectivity index (χ1v) is 12.4. The van der Waals surface area contributed by atoms with Gasteiger partial charge in [0, 0.05) is 28.7 Å². The van der Waals surface area contributed by atoms with Gasteiger partial charge in [0.2, 0.25) is 0 Å². The van der Waals surface area contributed by atoms with Crippen LogP contribution in [0.5, 0.6) is 0 Å². The van der Waals surface area contributed by atoms with Crippen LogP contribution in [0.1, 0.15) is 79.2 Å². The maximum Gasteiger partial charge on any atom is 0.302 e. The molecule has 7 atom stereocenters. The van der Waals surface area contributed by atoms with Gasteiger partial charge in [0.1, 0.15) is 6.10 Å². The Balaban J connectivity index is 1.71. The molecule has 0 aromatic carbocycles. The lowest BCUT2D eigenvalue weighted by Crippen LogP contribution is -2.68.